The van der Waals surface area contributed by atoms with Gasteiger partial charge in [0.05, 0.1) is 26.6 Å². The van der Waals surface area contributed by atoms with E-state index in [1.165, 1.54) is 32.1 Å². The molecule has 0 aliphatic rings. The monoisotopic (exact) mass is 625 g/mol. The second-order valence-corrected chi connectivity index (χ2v) is 11.0. The van der Waals surface area contributed by atoms with E-state index >= 15 is 0 Å². The number of methoxy groups -OCH3 is 3. The number of carbonyl (C=O) groups excluding carboxylic acids is 3. The lowest BCUT2D eigenvalue weighted by molar-refractivity contribution is -0.116. The predicted octanol–water partition coefficient (Wildman–Crippen LogP) is 6.63. The molecule has 232 valence electrons. The van der Waals surface area contributed by atoms with Crippen LogP contribution in [0.15, 0.2) is 108 Å². The van der Waals surface area contributed by atoms with E-state index in [0.29, 0.717) is 46.2 Å². The second-order valence-electron chi connectivity index (χ2n) is 9.70. The molecule has 10 heteroatoms. The first-order valence-corrected chi connectivity index (χ1v) is 15.0. The molecule has 4 aromatic carbocycles. The molecule has 0 aliphatic carbocycles. The Balaban J connectivity index is 1.55. The maximum absolute atomic E-state index is 13.6. The first-order chi connectivity index (χ1) is 21.8. The fraction of sp³-hybridized carbons (Fsp3) is 0.171. The summed E-state index contributed by atoms with van der Waals surface area (Å²) in [6, 6.07) is 28.1. The van der Waals surface area contributed by atoms with Crippen molar-refractivity contribution in [1.82, 2.24) is 5.32 Å². The molecular formula is C35H35N3O6S. The van der Waals surface area contributed by atoms with Crippen molar-refractivity contribution in [3.05, 3.63) is 114 Å². The van der Waals surface area contributed by atoms with Crippen molar-refractivity contribution in [2.45, 2.75) is 23.5 Å². The van der Waals surface area contributed by atoms with Gasteiger partial charge >= 0.3 is 0 Å². The zero-order chi connectivity index (χ0) is 32.2. The lowest BCUT2D eigenvalue weighted by atomic mass is 10.1. The highest BCUT2D eigenvalue weighted by Gasteiger charge is 2.20. The third kappa shape index (κ3) is 9.14. The zero-order valence-corrected chi connectivity index (χ0v) is 26.3. The molecule has 3 N–H and O–H groups in total. The van der Waals surface area contributed by atoms with Crippen molar-refractivity contribution in [2.24, 2.45) is 0 Å². The van der Waals surface area contributed by atoms with E-state index in [9.17, 15) is 14.4 Å². The number of rotatable bonds is 13. The van der Waals surface area contributed by atoms with Crippen molar-refractivity contribution in [2.75, 3.05) is 32.0 Å². The Hall–Kier alpha value is -5.22. The number of benzene rings is 4. The second kappa shape index (κ2) is 16.0. The summed E-state index contributed by atoms with van der Waals surface area (Å²) >= 11 is 1.39. The van der Waals surface area contributed by atoms with Crippen LogP contribution in [0.4, 0.5) is 11.4 Å². The van der Waals surface area contributed by atoms with E-state index < -0.39 is 11.8 Å². The number of hydrogen-bond donors (Lipinski definition) is 3. The lowest BCUT2D eigenvalue weighted by Crippen LogP contribution is -2.30. The molecule has 4 aromatic rings. The average Bonchev–Trinajstić information content (AvgIpc) is 3.07. The van der Waals surface area contributed by atoms with Crippen LogP contribution >= 0.6 is 11.8 Å². The van der Waals surface area contributed by atoms with Crippen LogP contribution in [-0.4, -0.2) is 44.3 Å². The van der Waals surface area contributed by atoms with Gasteiger partial charge in [0.25, 0.3) is 11.8 Å². The third-order valence-electron chi connectivity index (χ3n) is 6.64. The summed E-state index contributed by atoms with van der Waals surface area (Å²) in [6.45, 7) is 1.94. The Kier molecular flexibility index (Phi) is 11.6. The number of ether oxygens (including phenoxy) is 3. The Morgan fingerprint density at radius 3 is 2.13 bits per heavy atom. The molecular weight excluding hydrogens is 590 g/mol. The number of anilines is 2. The van der Waals surface area contributed by atoms with Crippen LogP contribution in [0.2, 0.25) is 0 Å². The Morgan fingerprint density at radius 2 is 1.44 bits per heavy atom. The molecule has 3 amide bonds. The first kappa shape index (κ1) is 32.7. The number of carbonyl (C=O) groups is 3. The number of thioether (sulfide) groups is 1. The van der Waals surface area contributed by atoms with E-state index in [1.54, 1.807) is 86.0 Å². The number of nitrogens with one attached hydrogen (secondary N) is 3. The number of hydrogen-bond acceptors (Lipinski definition) is 7. The van der Waals surface area contributed by atoms with E-state index in [-0.39, 0.29) is 16.9 Å². The standard InChI is InChI=1S/C35H35N3O6S/c1-5-32(35(41)37-25-13-9-15-27(21-25)42-2)45-29-16-10-14-26(22-29)36-34(40)30(38-33(39)23-11-7-6-8-12-23)20-24-19-28(43-3)17-18-31(24)44-4/h6-22,32H,5H2,1-4H3,(H,36,40)(H,37,41)(H,38,39)/b30-20+. The van der Waals surface area contributed by atoms with Gasteiger partial charge in [-0.15, -0.1) is 11.8 Å². The topological polar surface area (TPSA) is 115 Å². The minimum absolute atomic E-state index is 0.00226. The van der Waals surface area contributed by atoms with E-state index in [0.717, 1.165) is 4.90 Å². The maximum atomic E-state index is 13.6. The molecule has 1 atom stereocenters. The molecule has 1 unspecified atom stereocenters. The van der Waals surface area contributed by atoms with Gasteiger partial charge in [-0.25, -0.2) is 0 Å². The summed E-state index contributed by atoms with van der Waals surface area (Å²) in [5, 5.41) is 8.18. The molecule has 0 saturated heterocycles. The minimum Gasteiger partial charge on any atom is -0.497 e. The highest BCUT2D eigenvalue weighted by molar-refractivity contribution is 8.00. The van der Waals surface area contributed by atoms with Crippen LogP contribution in [0, 0.1) is 0 Å². The fourth-order valence-corrected chi connectivity index (χ4v) is 5.32. The van der Waals surface area contributed by atoms with Gasteiger partial charge in [-0.05, 0) is 73.2 Å². The first-order valence-electron chi connectivity index (χ1n) is 14.2. The lowest BCUT2D eigenvalue weighted by Gasteiger charge is -2.16. The summed E-state index contributed by atoms with van der Waals surface area (Å²) in [6.07, 6.45) is 2.12. The highest BCUT2D eigenvalue weighted by atomic mass is 32.2. The van der Waals surface area contributed by atoms with Gasteiger partial charge in [0.2, 0.25) is 5.91 Å². The average molecular weight is 626 g/mol. The highest BCUT2D eigenvalue weighted by Crippen LogP contribution is 2.30. The third-order valence-corrected chi connectivity index (χ3v) is 7.99. The predicted molar refractivity (Wildman–Crippen MR) is 178 cm³/mol. The Labute approximate surface area is 267 Å². The van der Waals surface area contributed by atoms with E-state index in [1.807, 2.05) is 25.1 Å². The van der Waals surface area contributed by atoms with E-state index in [2.05, 4.69) is 16.0 Å². The van der Waals surface area contributed by atoms with Gasteiger partial charge in [-0.1, -0.05) is 37.3 Å². The quantitative estimate of drug-likeness (QED) is 0.113. The van der Waals surface area contributed by atoms with Crippen LogP contribution in [0.25, 0.3) is 6.08 Å². The Morgan fingerprint density at radius 1 is 0.756 bits per heavy atom. The van der Waals surface area contributed by atoms with Crippen LogP contribution < -0.4 is 30.2 Å². The van der Waals surface area contributed by atoms with Crippen LogP contribution in [0.5, 0.6) is 17.2 Å². The smallest absolute Gasteiger partial charge is 0.272 e. The molecule has 0 spiro atoms. The van der Waals surface area contributed by atoms with Crippen LogP contribution in [0.1, 0.15) is 29.3 Å². The fourth-order valence-electron chi connectivity index (χ4n) is 4.31. The van der Waals surface area contributed by atoms with Crippen molar-refractivity contribution < 1.29 is 28.6 Å². The van der Waals surface area contributed by atoms with Gasteiger partial charge < -0.3 is 30.2 Å². The Bertz CT molecular complexity index is 1680. The minimum atomic E-state index is -0.547. The van der Waals surface area contributed by atoms with Gasteiger partial charge in [0, 0.05) is 33.5 Å². The normalized spacial score (nSPS) is 11.6. The van der Waals surface area contributed by atoms with Crippen molar-refractivity contribution in [3.8, 4) is 17.2 Å². The van der Waals surface area contributed by atoms with Crippen molar-refractivity contribution in [1.29, 1.82) is 0 Å². The molecule has 45 heavy (non-hydrogen) atoms. The summed E-state index contributed by atoms with van der Waals surface area (Å²) in [5.74, 6) is 0.555. The molecule has 0 aromatic heterocycles. The zero-order valence-electron chi connectivity index (χ0n) is 25.5. The molecule has 0 aliphatic heterocycles. The SMILES string of the molecule is CCC(Sc1cccc(NC(=O)/C(=C\c2cc(OC)ccc2OC)NC(=O)c2ccccc2)c1)C(=O)Nc1cccc(OC)c1. The van der Waals surface area contributed by atoms with E-state index in [4.69, 9.17) is 14.2 Å². The molecule has 0 saturated carbocycles. The molecule has 4 rings (SSSR count). The molecule has 0 fully saturated rings. The molecule has 0 radical (unpaired) electrons. The molecule has 0 heterocycles. The molecule has 9 nitrogen and oxygen atoms in total. The van der Waals surface area contributed by atoms with Crippen molar-refractivity contribution >= 4 is 46.9 Å². The van der Waals surface area contributed by atoms with Gasteiger partial charge in [0.1, 0.15) is 22.9 Å². The maximum Gasteiger partial charge on any atom is 0.272 e. The van der Waals surface area contributed by atoms with Gasteiger partial charge in [0.15, 0.2) is 0 Å². The van der Waals surface area contributed by atoms with Crippen LogP contribution in [-0.2, 0) is 9.59 Å². The van der Waals surface area contributed by atoms with Gasteiger partial charge in [-0.3, -0.25) is 14.4 Å². The van der Waals surface area contributed by atoms with Gasteiger partial charge in [-0.2, -0.15) is 0 Å². The summed E-state index contributed by atoms with van der Waals surface area (Å²) in [4.78, 5) is 40.6. The van der Waals surface area contributed by atoms with Crippen molar-refractivity contribution in [3.63, 3.8) is 0 Å². The van der Waals surface area contributed by atoms with Crippen LogP contribution in [0.3, 0.4) is 0 Å². The summed E-state index contributed by atoms with van der Waals surface area (Å²) in [7, 11) is 4.63. The molecule has 0 bridgehead atoms. The summed E-state index contributed by atoms with van der Waals surface area (Å²) in [5.41, 5.74) is 2.06. The number of amides is 3. The largest absolute Gasteiger partial charge is 0.497 e. The summed E-state index contributed by atoms with van der Waals surface area (Å²) < 4.78 is 16.1.